The maximum absolute atomic E-state index is 13.5. The van der Waals surface area contributed by atoms with Gasteiger partial charge in [-0.1, -0.05) is 6.07 Å². The maximum atomic E-state index is 13.5. The molecule has 0 fully saturated rings. The minimum Gasteiger partial charge on any atom is -0.481 e. The van der Waals surface area contributed by atoms with Crippen molar-refractivity contribution in [3.05, 3.63) is 29.6 Å². The van der Waals surface area contributed by atoms with Gasteiger partial charge in [-0.15, -0.1) is 0 Å². The lowest BCUT2D eigenvalue weighted by molar-refractivity contribution is -0.143. The van der Waals surface area contributed by atoms with Crippen molar-refractivity contribution in [1.29, 1.82) is 0 Å². The van der Waals surface area contributed by atoms with Gasteiger partial charge in [0.05, 0.1) is 10.8 Å². The molecule has 128 valence electrons. The first-order chi connectivity index (χ1) is 10.5. The van der Waals surface area contributed by atoms with Crippen LogP contribution in [0.3, 0.4) is 0 Å². The first kappa shape index (κ1) is 19.0. The number of sulfonamides is 1. The number of hydrogen-bond donors (Lipinski definition) is 3. The Morgan fingerprint density at radius 2 is 1.91 bits per heavy atom. The standard InChI is InChI=1S/C14H18FNO6S/c1-8-3-4-10(7-12(8)15)23(21,22)16-9(2)11(14(19)20)5-6-13(17)18/h3-4,7,9,11,16H,5-6H2,1-2H3,(H,17,18)(H,19,20). The first-order valence-corrected chi connectivity index (χ1v) is 8.26. The Morgan fingerprint density at radius 1 is 1.30 bits per heavy atom. The quantitative estimate of drug-likeness (QED) is 0.653. The molecule has 0 saturated carbocycles. The van der Waals surface area contributed by atoms with E-state index < -0.39 is 46.2 Å². The Hall–Kier alpha value is -2.00. The SMILES string of the molecule is Cc1ccc(S(=O)(=O)NC(C)C(CCC(=O)O)C(=O)O)cc1F. The summed E-state index contributed by atoms with van der Waals surface area (Å²) in [6.07, 6.45) is -0.626. The molecule has 23 heavy (non-hydrogen) atoms. The van der Waals surface area contributed by atoms with Gasteiger partial charge in [-0.2, -0.15) is 0 Å². The van der Waals surface area contributed by atoms with Crippen LogP contribution < -0.4 is 4.72 Å². The molecule has 0 bridgehead atoms. The van der Waals surface area contributed by atoms with E-state index in [2.05, 4.69) is 4.72 Å². The molecule has 0 radical (unpaired) electrons. The highest BCUT2D eigenvalue weighted by atomic mass is 32.2. The second-order valence-corrected chi connectivity index (χ2v) is 6.91. The third-order valence-electron chi connectivity index (χ3n) is 3.38. The number of rotatable bonds is 8. The molecular formula is C14H18FNO6S. The molecule has 7 nitrogen and oxygen atoms in total. The minimum atomic E-state index is -4.12. The normalized spacial score (nSPS) is 14.2. The van der Waals surface area contributed by atoms with Gasteiger partial charge in [0.15, 0.2) is 0 Å². The average molecular weight is 347 g/mol. The number of halogens is 1. The molecule has 0 aliphatic rings. The molecule has 1 rings (SSSR count). The predicted molar refractivity (Wildman–Crippen MR) is 78.9 cm³/mol. The van der Waals surface area contributed by atoms with Gasteiger partial charge in [0.2, 0.25) is 10.0 Å². The summed E-state index contributed by atoms with van der Waals surface area (Å²) in [5.41, 5.74) is 0.280. The summed E-state index contributed by atoms with van der Waals surface area (Å²) in [7, 11) is -4.12. The second kappa shape index (κ2) is 7.51. The van der Waals surface area contributed by atoms with Crippen molar-refractivity contribution >= 4 is 22.0 Å². The number of hydrogen-bond acceptors (Lipinski definition) is 4. The van der Waals surface area contributed by atoms with Crippen molar-refractivity contribution in [3.8, 4) is 0 Å². The van der Waals surface area contributed by atoms with Gasteiger partial charge in [-0.3, -0.25) is 9.59 Å². The van der Waals surface area contributed by atoms with E-state index in [0.29, 0.717) is 0 Å². The van der Waals surface area contributed by atoms with E-state index >= 15 is 0 Å². The fraction of sp³-hybridized carbons (Fsp3) is 0.429. The van der Waals surface area contributed by atoms with Crippen LogP contribution in [-0.2, 0) is 19.6 Å². The number of aryl methyl sites for hydroxylation is 1. The van der Waals surface area contributed by atoms with Gasteiger partial charge in [-0.05, 0) is 38.0 Å². The lowest BCUT2D eigenvalue weighted by Gasteiger charge is -2.21. The number of carboxylic acid groups (broad SMARTS) is 2. The van der Waals surface area contributed by atoms with Crippen LogP contribution in [0.15, 0.2) is 23.1 Å². The van der Waals surface area contributed by atoms with Crippen molar-refractivity contribution in [1.82, 2.24) is 4.72 Å². The molecule has 0 amide bonds. The van der Waals surface area contributed by atoms with Gasteiger partial charge < -0.3 is 10.2 Å². The number of benzene rings is 1. The number of nitrogens with one attached hydrogen (secondary N) is 1. The Balaban J connectivity index is 2.94. The van der Waals surface area contributed by atoms with Crippen LogP contribution in [-0.4, -0.2) is 36.6 Å². The molecule has 1 aromatic carbocycles. The highest BCUT2D eigenvalue weighted by molar-refractivity contribution is 7.89. The van der Waals surface area contributed by atoms with Gasteiger partial charge in [0.1, 0.15) is 5.82 Å². The molecule has 0 aromatic heterocycles. The van der Waals surface area contributed by atoms with Crippen LogP contribution in [0.5, 0.6) is 0 Å². The molecule has 1 aromatic rings. The minimum absolute atomic E-state index is 0.226. The van der Waals surface area contributed by atoms with Crippen LogP contribution in [0.4, 0.5) is 4.39 Å². The van der Waals surface area contributed by atoms with E-state index in [1.165, 1.54) is 26.0 Å². The molecule has 3 N–H and O–H groups in total. The van der Waals surface area contributed by atoms with Crippen molar-refractivity contribution in [2.45, 2.75) is 37.6 Å². The van der Waals surface area contributed by atoms with Crippen molar-refractivity contribution < 1.29 is 32.6 Å². The fourth-order valence-corrected chi connectivity index (χ4v) is 3.30. The fourth-order valence-electron chi connectivity index (χ4n) is 2.00. The van der Waals surface area contributed by atoms with Crippen LogP contribution in [0.2, 0.25) is 0 Å². The summed E-state index contributed by atoms with van der Waals surface area (Å²) in [5, 5.41) is 17.7. The van der Waals surface area contributed by atoms with E-state index in [9.17, 15) is 22.4 Å². The monoisotopic (exact) mass is 347 g/mol. The van der Waals surface area contributed by atoms with E-state index in [0.717, 1.165) is 6.07 Å². The highest BCUT2D eigenvalue weighted by Crippen LogP contribution is 2.18. The molecule has 0 aliphatic heterocycles. The van der Waals surface area contributed by atoms with E-state index in [4.69, 9.17) is 10.2 Å². The summed E-state index contributed by atoms with van der Waals surface area (Å²) >= 11 is 0. The van der Waals surface area contributed by atoms with Gasteiger partial charge in [-0.25, -0.2) is 17.5 Å². The lowest BCUT2D eigenvalue weighted by atomic mass is 9.97. The Kier molecular flexibility index (Phi) is 6.22. The molecule has 2 atom stereocenters. The molecule has 0 saturated heterocycles. The zero-order chi connectivity index (χ0) is 17.8. The van der Waals surface area contributed by atoms with Crippen LogP contribution in [0, 0.1) is 18.7 Å². The zero-order valence-corrected chi connectivity index (χ0v) is 13.4. The average Bonchev–Trinajstić information content (AvgIpc) is 2.40. The Morgan fingerprint density at radius 3 is 2.39 bits per heavy atom. The summed E-state index contributed by atoms with van der Waals surface area (Å²) in [6, 6.07) is 2.30. The smallest absolute Gasteiger partial charge is 0.308 e. The topological polar surface area (TPSA) is 121 Å². The highest BCUT2D eigenvalue weighted by Gasteiger charge is 2.29. The van der Waals surface area contributed by atoms with E-state index in [-0.39, 0.29) is 16.9 Å². The van der Waals surface area contributed by atoms with Gasteiger partial charge in [0, 0.05) is 12.5 Å². The molecule has 0 heterocycles. The number of carboxylic acids is 2. The second-order valence-electron chi connectivity index (χ2n) is 5.20. The summed E-state index contributed by atoms with van der Waals surface area (Å²) < 4.78 is 40.0. The maximum Gasteiger partial charge on any atom is 0.308 e. The van der Waals surface area contributed by atoms with Crippen molar-refractivity contribution in [2.75, 3.05) is 0 Å². The first-order valence-electron chi connectivity index (χ1n) is 6.77. The summed E-state index contributed by atoms with van der Waals surface area (Å²) in [5.74, 6) is -4.39. The van der Waals surface area contributed by atoms with Crippen molar-refractivity contribution in [3.63, 3.8) is 0 Å². The van der Waals surface area contributed by atoms with Crippen LogP contribution in [0.1, 0.15) is 25.3 Å². The zero-order valence-electron chi connectivity index (χ0n) is 12.6. The Labute approximate surface area is 133 Å². The third kappa shape index (κ3) is 5.29. The largest absolute Gasteiger partial charge is 0.481 e. The van der Waals surface area contributed by atoms with Crippen LogP contribution in [0.25, 0.3) is 0 Å². The summed E-state index contributed by atoms with van der Waals surface area (Å²) in [4.78, 5) is 21.4. The predicted octanol–water partition coefficient (Wildman–Crippen LogP) is 1.37. The molecule has 9 heteroatoms. The molecule has 0 aliphatic carbocycles. The van der Waals surface area contributed by atoms with E-state index in [1.54, 1.807) is 0 Å². The molecule has 2 unspecified atom stereocenters. The van der Waals surface area contributed by atoms with Gasteiger partial charge in [0.25, 0.3) is 0 Å². The Bertz CT molecular complexity index is 703. The van der Waals surface area contributed by atoms with Crippen LogP contribution >= 0.6 is 0 Å². The lowest BCUT2D eigenvalue weighted by Crippen LogP contribution is -2.41. The van der Waals surface area contributed by atoms with E-state index in [1.807, 2.05) is 0 Å². The van der Waals surface area contributed by atoms with Gasteiger partial charge >= 0.3 is 11.9 Å². The number of aliphatic carboxylic acids is 2. The number of carbonyl (C=O) groups is 2. The summed E-state index contributed by atoms with van der Waals surface area (Å²) in [6.45, 7) is 2.80. The molecule has 0 spiro atoms. The van der Waals surface area contributed by atoms with Crippen molar-refractivity contribution in [2.24, 2.45) is 5.92 Å². The molecular weight excluding hydrogens is 329 g/mol. The third-order valence-corrected chi connectivity index (χ3v) is 4.94.